The van der Waals surface area contributed by atoms with E-state index in [2.05, 4.69) is 10.6 Å². The van der Waals surface area contributed by atoms with Crippen molar-refractivity contribution in [3.63, 3.8) is 0 Å². The van der Waals surface area contributed by atoms with Gasteiger partial charge in [-0.1, -0.05) is 29.8 Å². The van der Waals surface area contributed by atoms with Crippen LogP contribution in [0.4, 0.5) is 5.69 Å². The average Bonchev–Trinajstić information content (AvgIpc) is 2.72. The topological polar surface area (TPSA) is 71.9 Å². The molecule has 0 unspecified atom stereocenters. The Morgan fingerprint density at radius 3 is 2.46 bits per heavy atom. The van der Waals surface area contributed by atoms with Crippen LogP contribution in [0.3, 0.4) is 0 Å². The number of hydrogen-bond acceptors (Lipinski definition) is 3. The highest BCUT2D eigenvalue weighted by atomic mass is 16.5. The summed E-state index contributed by atoms with van der Waals surface area (Å²) in [6, 6.07) is 14.4. The molecule has 2 amide bonds. The molecule has 1 heterocycles. The molecule has 0 radical (unpaired) electrons. The Kier molecular flexibility index (Phi) is 7.17. The van der Waals surface area contributed by atoms with Gasteiger partial charge in [-0.15, -0.1) is 0 Å². The first-order valence-corrected chi connectivity index (χ1v) is 9.80. The molecule has 0 bridgehead atoms. The number of amides is 2. The summed E-state index contributed by atoms with van der Waals surface area (Å²) in [5, 5.41) is 5.82. The van der Waals surface area contributed by atoms with Gasteiger partial charge in [0.2, 0.25) is 0 Å². The summed E-state index contributed by atoms with van der Waals surface area (Å²) in [4.78, 5) is 26.6. The summed E-state index contributed by atoms with van der Waals surface area (Å²) in [5.74, 6) is -0.395. The lowest BCUT2D eigenvalue weighted by Gasteiger charge is -2.23. The molecule has 3 rings (SSSR count). The number of para-hydroxylation sites is 1. The largest absolute Gasteiger partial charge is 0.370 e. The molecule has 6 heteroatoms. The number of ether oxygens (including phenoxy) is 1. The monoisotopic (exact) mass is 382 g/mol. The van der Waals surface area contributed by atoms with Crippen molar-refractivity contribution in [3.8, 4) is 0 Å². The van der Waals surface area contributed by atoms with Crippen molar-refractivity contribution in [2.75, 3.05) is 44.7 Å². The van der Waals surface area contributed by atoms with Gasteiger partial charge in [0.15, 0.2) is 0 Å². The third-order valence-corrected chi connectivity index (χ3v) is 4.93. The van der Waals surface area contributed by atoms with Gasteiger partial charge in [0.05, 0.1) is 31.0 Å². The highest BCUT2D eigenvalue weighted by Gasteiger charge is 2.15. The Labute approximate surface area is 165 Å². The molecule has 1 aliphatic heterocycles. The summed E-state index contributed by atoms with van der Waals surface area (Å²) in [5.41, 5.74) is 2.65. The number of anilines is 1. The quantitative estimate of drug-likeness (QED) is 0.632. The molecule has 1 aliphatic rings. The average molecular weight is 382 g/mol. The number of hydrogen-bond donors (Lipinski definition) is 3. The molecule has 0 aliphatic carbocycles. The molecular weight excluding hydrogens is 354 g/mol. The van der Waals surface area contributed by atoms with Crippen LogP contribution in [0, 0.1) is 6.92 Å². The van der Waals surface area contributed by atoms with Crippen molar-refractivity contribution in [3.05, 3.63) is 65.2 Å². The van der Waals surface area contributed by atoms with Crippen molar-refractivity contribution in [2.24, 2.45) is 0 Å². The van der Waals surface area contributed by atoms with E-state index in [0.29, 0.717) is 23.4 Å². The van der Waals surface area contributed by atoms with Crippen molar-refractivity contribution in [2.45, 2.75) is 13.3 Å². The molecule has 3 N–H and O–H groups in total. The van der Waals surface area contributed by atoms with Gasteiger partial charge in [0, 0.05) is 18.5 Å². The van der Waals surface area contributed by atoms with E-state index in [0.717, 1.165) is 44.8 Å². The Morgan fingerprint density at radius 1 is 1.00 bits per heavy atom. The summed E-state index contributed by atoms with van der Waals surface area (Å²) in [7, 11) is 0. The molecule has 2 aromatic rings. The molecule has 0 atom stereocenters. The van der Waals surface area contributed by atoms with Crippen molar-refractivity contribution >= 4 is 17.5 Å². The third-order valence-electron chi connectivity index (χ3n) is 4.93. The summed E-state index contributed by atoms with van der Waals surface area (Å²) >= 11 is 0. The number of rotatable bonds is 7. The van der Waals surface area contributed by atoms with Crippen LogP contribution in [0.2, 0.25) is 0 Å². The first kappa shape index (κ1) is 20.0. The van der Waals surface area contributed by atoms with Crippen LogP contribution in [0.1, 0.15) is 32.7 Å². The van der Waals surface area contributed by atoms with Gasteiger partial charge < -0.3 is 20.3 Å². The number of quaternary nitrogens is 1. The van der Waals surface area contributed by atoms with Gasteiger partial charge in [0.1, 0.15) is 13.1 Å². The molecule has 1 saturated heterocycles. The number of carbonyl (C=O) groups is 2. The molecule has 0 saturated carbocycles. The van der Waals surface area contributed by atoms with Crippen molar-refractivity contribution in [1.29, 1.82) is 0 Å². The number of benzene rings is 2. The summed E-state index contributed by atoms with van der Waals surface area (Å²) in [6.07, 6.45) is 0.916. The lowest BCUT2D eigenvalue weighted by molar-refractivity contribution is -0.908. The number of aryl methyl sites for hydroxylation is 1. The zero-order valence-corrected chi connectivity index (χ0v) is 16.3. The fourth-order valence-electron chi connectivity index (χ4n) is 3.24. The Hall–Kier alpha value is -2.70. The van der Waals surface area contributed by atoms with Gasteiger partial charge in [0.25, 0.3) is 11.8 Å². The molecule has 2 aromatic carbocycles. The zero-order chi connectivity index (χ0) is 19.8. The van der Waals surface area contributed by atoms with Crippen LogP contribution in [-0.4, -0.2) is 51.2 Å². The van der Waals surface area contributed by atoms with E-state index in [-0.39, 0.29) is 11.8 Å². The van der Waals surface area contributed by atoms with Gasteiger partial charge in [-0.3, -0.25) is 9.59 Å². The van der Waals surface area contributed by atoms with Crippen LogP contribution >= 0.6 is 0 Å². The van der Waals surface area contributed by atoms with Gasteiger partial charge in [-0.2, -0.15) is 0 Å². The van der Waals surface area contributed by atoms with E-state index in [9.17, 15) is 9.59 Å². The third kappa shape index (κ3) is 5.65. The van der Waals surface area contributed by atoms with E-state index >= 15 is 0 Å². The molecular formula is C22H28N3O3+. The van der Waals surface area contributed by atoms with Crippen LogP contribution in [-0.2, 0) is 4.74 Å². The van der Waals surface area contributed by atoms with Crippen LogP contribution < -0.4 is 15.5 Å². The second-order valence-corrected chi connectivity index (χ2v) is 7.09. The second kappa shape index (κ2) is 10.0. The SMILES string of the molecule is Cc1ccc(C(=O)Nc2ccccc2C(=O)NCCC[NH+]2CCOCC2)cc1. The second-order valence-electron chi connectivity index (χ2n) is 7.09. The smallest absolute Gasteiger partial charge is 0.255 e. The fraction of sp³-hybridized carbons (Fsp3) is 0.364. The van der Waals surface area contributed by atoms with Crippen LogP contribution in [0.25, 0.3) is 0 Å². The lowest BCUT2D eigenvalue weighted by Crippen LogP contribution is -3.14. The lowest BCUT2D eigenvalue weighted by atomic mass is 10.1. The predicted octanol–water partition coefficient (Wildman–Crippen LogP) is 1.28. The maximum absolute atomic E-state index is 12.6. The van der Waals surface area contributed by atoms with E-state index in [1.165, 1.54) is 4.90 Å². The minimum Gasteiger partial charge on any atom is -0.370 e. The zero-order valence-electron chi connectivity index (χ0n) is 16.3. The minimum atomic E-state index is -0.226. The van der Waals surface area contributed by atoms with Crippen molar-refractivity contribution in [1.82, 2.24) is 5.32 Å². The van der Waals surface area contributed by atoms with Crippen LogP contribution in [0.5, 0.6) is 0 Å². The molecule has 0 aromatic heterocycles. The Balaban J connectivity index is 1.54. The molecule has 0 spiro atoms. The standard InChI is InChI=1S/C22H27N3O3/c1-17-7-9-18(10-8-17)21(26)24-20-6-3-2-5-19(20)22(27)23-11-4-12-25-13-15-28-16-14-25/h2-3,5-10H,4,11-16H2,1H3,(H,23,27)(H,24,26)/p+1. The molecule has 1 fully saturated rings. The molecule has 28 heavy (non-hydrogen) atoms. The van der Waals surface area contributed by atoms with E-state index in [1.807, 2.05) is 25.1 Å². The van der Waals surface area contributed by atoms with E-state index < -0.39 is 0 Å². The maximum atomic E-state index is 12.6. The predicted molar refractivity (Wildman–Crippen MR) is 109 cm³/mol. The first-order valence-electron chi connectivity index (χ1n) is 9.80. The first-order chi connectivity index (χ1) is 13.6. The Morgan fingerprint density at radius 2 is 1.71 bits per heavy atom. The molecule has 148 valence electrons. The van der Waals surface area contributed by atoms with Crippen LogP contribution in [0.15, 0.2) is 48.5 Å². The maximum Gasteiger partial charge on any atom is 0.255 e. The fourth-order valence-corrected chi connectivity index (χ4v) is 3.24. The van der Waals surface area contributed by atoms with E-state index in [4.69, 9.17) is 4.74 Å². The normalized spacial score (nSPS) is 14.5. The van der Waals surface area contributed by atoms with E-state index in [1.54, 1.807) is 30.3 Å². The van der Waals surface area contributed by atoms with Gasteiger partial charge >= 0.3 is 0 Å². The number of nitrogens with one attached hydrogen (secondary N) is 3. The molecule has 6 nitrogen and oxygen atoms in total. The highest BCUT2D eigenvalue weighted by Crippen LogP contribution is 2.16. The minimum absolute atomic E-state index is 0.170. The summed E-state index contributed by atoms with van der Waals surface area (Å²) in [6.45, 7) is 7.30. The Bertz CT molecular complexity index is 799. The number of carbonyl (C=O) groups excluding carboxylic acids is 2. The van der Waals surface area contributed by atoms with Crippen molar-refractivity contribution < 1.29 is 19.2 Å². The number of morpholine rings is 1. The summed E-state index contributed by atoms with van der Waals surface area (Å²) < 4.78 is 5.36. The highest BCUT2D eigenvalue weighted by molar-refractivity contribution is 6.09. The van der Waals surface area contributed by atoms with Gasteiger partial charge in [-0.05, 0) is 31.2 Å². The van der Waals surface area contributed by atoms with Gasteiger partial charge in [-0.25, -0.2) is 0 Å².